The minimum absolute atomic E-state index is 0.221. The Bertz CT molecular complexity index is 1080. The molecule has 2 aromatic rings. The molecule has 1 aliphatic carbocycles. The van der Waals surface area contributed by atoms with Crippen molar-refractivity contribution in [1.82, 2.24) is 5.32 Å². The highest BCUT2D eigenvalue weighted by atomic mass is 19.1. The van der Waals surface area contributed by atoms with Gasteiger partial charge in [-0.25, -0.2) is 9.18 Å². The molecule has 33 heavy (non-hydrogen) atoms. The summed E-state index contributed by atoms with van der Waals surface area (Å²) < 4.78 is 20.3. The number of carbonyl (C=O) groups is 1. The highest BCUT2D eigenvalue weighted by Crippen LogP contribution is 2.40. The summed E-state index contributed by atoms with van der Waals surface area (Å²) in [5, 5.41) is 19.0. The predicted octanol–water partition coefficient (Wildman–Crippen LogP) is 6.31. The number of anilines is 3. The summed E-state index contributed by atoms with van der Waals surface area (Å²) in [6.45, 7) is 11.4. The molecule has 1 atom stereocenters. The molecular weight excluding hydrogens is 419 g/mol. The number of hydrogen-bond acceptors (Lipinski definition) is 5. The van der Waals surface area contributed by atoms with E-state index in [2.05, 4.69) is 22.0 Å². The fraction of sp³-hybridized carbons (Fsp3) is 0.462. The zero-order valence-corrected chi connectivity index (χ0v) is 20.2. The normalized spacial score (nSPS) is 15.6. The van der Waals surface area contributed by atoms with Crippen LogP contribution in [-0.2, 0) is 4.74 Å². The van der Waals surface area contributed by atoms with Crippen LogP contribution < -0.4 is 16.0 Å². The van der Waals surface area contributed by atoms with E-state index in [1.54, 1.807) is 6.07 Å². The first-order chi connectivity index (χ1) is 15.4. The van der Waals surface area contributed by atoms with E-state index in [4.69, 9.17) is 4.74 Å². The Hall–Kier alpha value is -3.27. The fourth-order valence-electron chi connectivity index (χ4n) is 3.95. The van der Waals surface area contributed by atoms with Crippen molar-refractivity contribution < 1.29 is 13.9 Å². The van der Waals surface area contributed by atoms with Crippen LogP contribution in [0, 0.1) is 31.0 Å². The lowest BCUT2D eigenvalue weighted by atomic mass is 9.71. The van der Waals surface area contributed by atoms with Crippen molar-refractivity contribution in [2.24, 2.45) is 0 Å². The van der Waals surface area contributed by atoms with Crippen LogP contribution in [0.3, 0.4) is 0 Å². The van der Waals surface area contributed by atoms with Gasteiger partial charge in [-0.3, -0.25) is 0 Å². The second kappa shape index (κ2) is 9.30. The largest absolute Gasteiger partial charge is 0.444 e. The second-order valence-electron chi connectivity index (χ2n) is 9.92. The quantitative estimate of drug-likeness (QED) is 0.478. The Morgan fingerprint density at radius 1 is 1.15 bits per heavy atom. The number of ether oxygens (including phenoxy) is 1. The summed E-state index contributed by atoms with van der Waals surface area (Å²) in [6.07, 6.45) is 2.03. The highest BCUT2D eigenvalue weighted by molar-refractivity contribution is 5.73. The lowest BCUT2D eigenvalue weighted by Crippen LogP contribution is -2.60. The van der Waals surface area contributed by atoms with E-state index >= 15 is 0 Å². The molecule has 7 heteroatoms. The Kier molecular flexibility index (Phi) is 6.87. The smallest absolute Gasteiger partial charge is 0.407 e. The molecule has 0 aliphatic heterocycles. The van der Waals surface area contributed by atoms with E-state index in [1.807, 2.05) is 59.7 Å². The van der Waals surface area contributed by atoms with Gasteiger partial charge in [-0.15, -0.1) is 0 Å². The van der Waals surface area contributed by atoms with Gasteiger partial charge in [0.05, 0.1) is 28.5 Å². The average Bonchev–Trinajstić information content (AvgIpc) is 2.67. The van der Waals surface area contributed by atoms with Crippen molar-refractivity contribution in [2.75, 3.05) is 10.6 Å². The van der Waals surface area contributed by atoms with Gasteiger partial charge in [-0.05, 0) is 96.2 Å². The molecule has 0 unspecified atom stereocenters. The topological polar surface area (TPSA) is 86.2 Å². The molecule has 1 saturated carbocycles. The van der Waals surface area contributed by atoms with Crippen LogP contribution in [0.5, 0.6) is 0 Å². The van der Waals surface area contributed by atoms with E-state index in [0.29, 0.717) is 5.69 Å². The molecule has 0 heterocycles. The minimum Gasteiger partial charge on any atom is -0.444 e. The van der Waals surface area contributed by atoms with E-state index in [9.17, 15) is 14.4 Å². The number of rotatable bonds is 6. The van der Waals surface area contributed by atoms with Crippen molar-refractivity contribution in [3.8, 4) is 6.07 Å². The van der Waals surface area contributed by atoms with Crippen LogP contribution in [0.15, 0.2) is 30.3 Å². The summed E-state index contributed by atoms with van der Waals surface area (Å²) >= 11 is 0. The van der Waals surface area contributed by atoms with Gasteiger partial charge in [0.25, 0.3) is 0 Å². The predicted molar refractivity (Wildman–Crippen MR) is 129 cm³/mol. The third-order valence-electron chi connectivity index (χ3n) is 6.21. The van der Waals surface area contributed by atoms with E-state index in [1.165, 1.54) is 11.6 Å². The summed E-state index contributed by atoms with van der Waals surface area (Å²) in [7, 11) is 0. The number of halogens is 1. The van der Waals surface area contributed by atoms with Crippen LogP contribution >= 0.6 is 0 Å². The maximum absolute atomic E-state index is 15.0. The standard InChI is InChI=1S/C26H33FN4O2/c1-16-8-9-20(12-17(16)2)30-22-14-23(21(27)13-19(22)15-28)31-26(10-7-11-26)18(3)29-24(32)33-25(4,5)6/h8-9,12-14,18,30-31H,7,10-11H2,1-6H3,(H,29,32)/t18-/m0/s1. The third kappa shape index (κ3) is 5.75. The van der Waals surface area contributed by atoms with E-state index in [-0.39, 0.29) is 17.3 Å². The van der Waals surface area contributed by atoms with Gasteiger partial charge in [-0.2, -0.15) is 5.26 Å². The van der Waals surface area contributed by atoms with Gasteiger partial charge < -0.3 is 20.7 Å². The summed E-state index contributed by atoms with van der Waals surface area (Å²) in [5.74, 6) is -0.507. The summed E-state index contributed by atoms with van der Waals surface area (Å²) in [5.41, 5.74) is 3.05. The maximum Gasteiger partial charge on any atom is 0.407 e. The molecule has 1 amide bonds. The number of nitrogens with one attached hydrogen (secondary N) is 3. The van der Waals surface area contributed by atoms with E-state index in [0.717, 1.165) is 30.5 Å². The molecule has 3 N–H and O–H groups in total. The molecule has 6 nitrogen and oxygen atoms in total. The number of aryl methyl sites for hydroxylation is 2. The van der Waals surface area contributed by atoms with Gasteiger partial charge in [0.15, 0.2) is 0 Å². The van der Waals surface area contributed by atoms with Gasteiger partial charge in [-0.1, -0.05) is 6.07 Å². The molecule has 1 aliphatic rings. The van der Waals surface area contributed by atoms with Crippen molar-refractivity contribution in [1.29, 1.82) is 5.26 Å². The van der Waals surface area contributed by atoms with Crippen LogP contribution in [0.1, 0.15) is 63.6 Å². The number of benzene rings is 2. The first-order valence-electron chi connectivity index (χ1n) is 11.3. The van der Waals surface area contributed by atoms with Crippen molar-refractivity contribution in [2.45, 2.75) is 78.0 Å². The monoisotopic (exact) mass is 452 g/mol. The van der Waals surface area contributed by atoms with Crippen molar-refractivity contribution in [3.05, 3.63) is 52.8 Å². The van der Waals surface area contributed by atoms with Crippen LogP contribution in [0.2, 0.25) is 0 Å². The second-order valence-corrected chi connectivity index (χ2v) is 9.92. The molecule has 3 rings (SSSR count). The lowest BCUT2D eigenvalue weighted by Gasteiger charge is -2.48. The Balaban J connectivity index is 1.84. The van der Waals surface area contributed by atoms with E-state index < -0.39 is 23.1 Å². The van der Waals surface area contributed by atoms with Crippen molar-refractivity contribution in [3.63, 3.8) is 0 Å². The molecule has 0 aromatic heterocycles. The number of carbonyl (C=O) groups excluding carboxylic acids is 1. The average molecular weight is 453 g/mol. The summed E-state index contributed by atoms with van der Waals surface area (Å²) in [6, 6.07) is 10.6. The number of alkyl carbamates (subject to hydrolysis) is 1. The van der Waals surface area contributed by atoms with Gasteiger partial charge >= 0.3 is 6.09 Å². The lowest BCUT2D eigenvalue weighted by molar-refractivity contribution is 0.0466. The van der Waals surface area contributed by atoms with Gasteiger partial charge in [0, 0.05) is 5.69 Å². The summed E-state index contributed by atoms with van der Waals surface area (Å²) in [4.78, 5) is 12.3. The Labute approximate surface area is 195 Å². The van der Waals surface area contributed by atoms with Crippen molar-refractivity contribution >= 4 is 23.2 Å². The van der Waals surface area contributed by atoms with Gasteiger partial charge in [0.2, 0.25) is 0 Å². The maximum atomic E-state index is 15.0. The first-order valence-corrected chi connectivity index (χ1v) is 11.3. The minimum atomic E-state index is -0.599. The highest BCUT2D eigenvalue weighted by Gasteiger charge is 2.43. The SMILES string of the molecule is Cc1ccc(Nc2cc(NC3([C@H](C)NC(=O)OC(C)(C)C)CCC3)c(F)cc2C#N)cc1C. The van der Waals surface area contributed by atoms with Gasteiger partial charge in [0.1, 0.15) is 17.5 Å². The zero-order valence-electron chi connectivity index (χ0n) is 20.2. The Morgan fingerprint density at radius 3 is 2.39 bits per heavy atom. The fourth-order valence-corrected chi connectivity index (χ4v) is 3.95. The molecule has 176 valence electrons. The van der Waals surface area contributed by atoms with Crippen LogP contribution in [-0.4, -0.2) is 23.3 Å². The van der Waals surface area contributed by atoms with Crippen LogP contribution in [0.25, 0.3) is 0 Å². The number of nitriles is 1. The molecule has 0 spiro atoms. The van der Waals surface area contributed by atoms with Crippen LogP contribution in [0.4, 0.5) is 26.2 Å². The third-order valence-corrected chi connectivity index (χ3v) is 6.21. The molecule has 0 bridgehead atoms. The molecular formula is C26H33FN4O2. The molecule has 0 radical (unpaired) electrons. The number of amides is 1. The molecule has 2 aromatic carbocycles. The Morgan fingerprint density at radius 2 is 1.85 bits per heavy atom. The number of hydrogen-bond donors (Lipinski definition) is 3. The number of nitrogens with zero attached hydrogens (tertiary/aromatic N) is 1. The molecule has 0 saturated heterocycles. The first kappa shape index (κ1) is 24.4. The zero-order chi connectivity index (χ0) is 24.4. The molecule has 1 fully saturated rings.